The maximum absolute atomic E-state index is 12.5. The standard InChI is InChI=1S/C23H23F3N4O2/c1-16-3-2-4-19(13-16)30-14-21(27-28-30)17-9-11-29(12-10-17)15-22(31)18-5-7-20(8-6-18)32-23(24,25)26/h2-8,13-14,17H,9-12,15H2,1H3. The highest BCUT2D eigenvalue weighted by molar-refractivity contribution is 5.97. The Bertz CT molecular complexity index is 1070. The fourth-order valence-electron chi connectivity index (χ4n) is 3.88. The molecule has 0 N–H and O–H groups in total. The van der Waals surface area contributed by atoms with Gasteiger partial charge in [-0.15, -0.1) is 18.3 Å². The summed E-state index contributed by atoms with van der Waals surface area (Å²) in [6, 6.07) is 13.1. The molecule has 0 amide bonds. The lowest BCUT2D eigenvalue weighted by Gasteiger charge is -2.30. The summed E-state index contributed by atoms with van der Waals surface area (Å²) in [5.74, 6) is -0.195. The van der Waals surface area contributed by atoms with Crippen LogP contribution in [0.15, 0.2) is 54.7 Å². The van der Waals surface area contributed by atoms with Crippen LogP contribution in [0.1, 0.15) is 40.4 Å². The van der Waals surface area contributed by atoms with Gasteiger partial charge >= 0.3 is 6.36 Å². The number of hydrogen-bond acceptors (Lipinski definition) is 5. The first-order chi connectivity index (χ1) is 15.3. The Hall–Kier alpha value is -3.20. The van der Waals surface area contributed by atoms with Crippen molar-refractivity contribution >= 4 is 5.78 Å². The number of carbonyl (C=O) groups is 1. The predicted octanol–water partition coefficient (Wildman–Crippen LogP) is 4.54. The number of Topliss-reactive ketones (excluding diaryl/α,β-unsaturated/α-hetero) is 1. The number of hydrogen-bond donors (Lipinski definition) is 0. The molecule has 1 aliphatic rings. The van der Waals surface area contributed by atoms with Gasteiger partial charge in [-0.3, -0.25) is 9.69 Å². The van der Waals surface area contributed by atoms with E-state index < -0.39 is 6.36 Å². The van der Waals surface area contributed by atoms with Gasteiger partial charge in [0.2, 0.25) is 0 Å². The van der Waals surface area contributed by atoms with E-state index in [9.17, 15) is 18.0 Å². The second-order valence-corrected chi connectivity index (χ2v) is 7.97. The molecule has 32 heavy (non-hydrogen) atoms. The molecule has 168 valence electrons. The molecular weight excluding hydrogens is 421 g/mol. The Morgan fingerprint density at radius 2 is 1.84 bits per heavy atom. The number of rotatable bonds is 6. The molecule has 1 saturated heterocycles. The van der Waals surface area contributed by atoms with Crippen LogP contribution in [0.25, 0.3) is 5.69 Å². The minimum atomic E-state index is -4.75. The van der Waals surface area contributed by atoms with Crippen LogP contribution in [0.5, 0.6) is 5.75 Å². The number of carbonyl (C=O) groups excluding carboxylic acids is 1. The van der Waals surface area contributed by atoms with Crippen molar-refractivity contribution in [3.05, 3.63) is 71.5 Å². The molecule has 0 spiro atoms. The van der Waals surface area contributed by atoms with Gasteiger partial charge in [0.05, 0.1) is 24.1 Å². The minimum Gasteiger partial charge on any atom is -0.406 e. The number of nitrogens with zero attached hydrogens (tertiary/aromatic N) is 4. The lowest BCUT2D eigenvalue weighted by Crippen LogP contribution is -2.36. The molecule has 1 aliphatic heterocycles. The maximum Gasteiger partial charge on any atom is 0.573 e. The van der Waals surface area contributed by atoms with Gasteiger partial charge in [0, 0.05) is 11.5 Å². The number of aryl methyl sites for hydroxylation is 1. The van der Waals surface area contributed by atoms with Crippen molar-refractivity contribution in [2.45, 2.75) is 32.0 Å². The highest BCUT2D eigenvalue weighted by atomic mass is 19.4. The van der Waals surface area contributed by atoms with Gasteiger partial charge in [-0.05, 0) is 74.8 Å². The van der Waals surface area contributed by atoms with Gasteiger partial charge in [0.15, 0.2) is 5.78 Å². The third-order valence-electron chi connectivity index (χ3n) is 5.56. The van der Waals surface area contributed by atoms with E-state index in [1.165, 1.54) is 12.1 Å². The Balaban J connectivity index is 1.30. The quantitative estimate of drug-likeness (QED) is 0.523. The number of ether oxygens (including phenoxy) is 1. The molecule has 3 aromatic rings. The number of alkyl halides is 3. The third kappa shape index (κ3) is 5.53. The Labute approximate surface area is 183 Å². The van der Waals surface area contributed by atoms with Crippen LogP contribution < -0.4 is 4.74 Å². The van der Waals surface area contributed by atoms with Gasteiger partial charge in [0.1, 0.15) is 5.75 Å². The fourth-order valence-corrected chi connectivity index (χ4v) is 3.88. The van der Waals surface area contributed by atoms with Crippen molar-refractivity contribution in [2.24, 2.45) is 0 Å². The van der Waals surface area contributed by atoms with E-state index in [0.717, 1.165) is 55.0 Å². The zero-order valence-corrected chi connectivity index (χ0v) is 17.5. The molecule has 0 unspecified atom stereocenters. The van der Waals surface area contributed by atoms with Gasteiger partial charge in [0.25, 0.3) is 0 Å². The summed E-state index contributed by atoms with van der Waals surface area (Å²) >= 11 is 0. The van der Waals surface area contributed by atoms with E-state index in [4.69, 9.17) is 0 Å². The van der Waals surface area contributed by atoms with Crippen LogP contribution in [-0.2, 0) is 0 Å². The minimum absolute atomic E-state index is 0.132. The molecule has 0 atom stereocenters. The van der Waals surface area contributed by atoms with E-state index in [0.29, 0.717) is 5.56 Å². The van der Waals surface area contributed by atoms with E-state index in [1.54, 1.807) is 4.68 Å². The van der Waals surface area contributed by atoms with Crippen LogP contribution in [0.2, 0.25) is 0 Å². The van der Waals surface area contributed by atoms with Crippen LogP contribution in [0.3, 0.4) is 0 Å². The number of halogens is 3. The zero-order chi connectivity index (χ0) is 22.7. The highest BCUT2D eigenvalue weighted by Crippen LogP contribution is 2.27. The van der Waals surface area contributed by atoms with Crippen molar-refractivity contribution in [2.75, 3.05) is 19.6 Å². The Kier molecular flexibility index (Phi) is 6.27. The van der Waals surface area contributed by atoms with Crippen LogP contribution in [0.4, 0.5) is 13.2 Å². The van der Waals surface area contributed by atoms with Crippen molar-refractivity contribution in [1.82, 2.24) is 19.9 Å². The van der Waals surface area contributed by atoms with Gasteiger partial charge in [-0.25, -0.2) is 4.68 Å². The molecular formula is C23H23F3N4O2. The predicted molar refractivity (Wildman–Crippen MR) is 112 cm³/mol. The van der Waals surface area contributed by atoms with E-state index in [2.05, 4.69) is 26.0 Å². The second kappa shape index (κ2) is 9.12. The summed E-state index contributed by atoms with van der Waals surface area (Å²) < 4.78 is 42.4. The van der Waals surface area contributed by atoms with E-state index in [1.807, 2.05) is 31.3 Å². The first-order valence-corrected chi connectivity index (χ1v) is 10.4. The summed E-state index contributed by atoms with van der Waals surface area (Å²) in [4.78, 5) is 14.6. The molecule has 1 fully saturated rings. The van der Waals surface area contributed by atoms with Gasteiger partial charge in [-0.2, -0.15) is 0 Å². The van der Waals surface area contributed by atoms with Crippen molar-refractivity contribution in [3.63, 3.8) is 0 Å². The number of aromatic nitrogens is 3. The molecule has 0 radical (unpaired) electrons. The smallest absolute Gasteiger partial charge is 0.406 e. The average molecular weight is 444 g/mol. The van der Waals surface area contributed by atoms with Crippen LogP contribution >= 0.6 is 0 Å². The SMILES string of the molecule is Cc1cccc(-n2cc(C3CCN(CC(=O)c4ccc(OC(F)(F)F)cc4)CC3)nn2)c1. The van der Waals surface area contributed by atoms with Crippen molar-refractivity contribution in [1.29, 1.82) is 0 Å². The molecule has 6 nitrogen and oxygen atoms in total. The molecule has 0 aliphatic carbocycles. The van der Waals surface area contributed by atoms with Crippen molar-refractivity contribution < 1.29 is 22.7 Å². The largest absolute Gasteiger partial charge is 0.573 e. The summed E-state index contributed by atoms with van der Waals surface area (Å²) in [6.07, 6.45) is -1.07. The number of benzene rings is 2. The average Bonchev–Trinajstić information content (AvgIpc) is 3.24. The number of piperidine rings is 1. The lowest BCUT2D eigenvalue weighted by atomic mass is 9.93. The monoisotopic (exact) mass is 444 g/mol. The maximum atomic E-state index is 12.5. The molecule has 0 bridgehead atoms. The molecule has 2 aromatic carbocycles. The second-order valence-electron chi connectivity index (χ2n) is 7.97. The number of likely N-dealkylation sites (tertiary alicyclic amines) is 1. The van der Waals surface area contributed by atoms with E-state index >= 15 is 0 Å². The summed E-state index contributed by atoms with van der Waals surface area (Å²) in [5, 5.41) is 8.61. The Morgan fingerprint density at radius 3 is 2.50 bits per heavy atom. The van der Waals surface area contributed by atoms with Crippen LogP contribution in [0, 0.1) is 6.92 Å². The highest BCUT2D eigenvalue weighted by Gasteiger charge is 2.31. The first-order valence-electron chi connectivity index (χ1n) is 10.4. The van der Waals surface area contributed by atoms with Crippen LogP contribution in [-0.4, -0.2) is 51.7 Å². The zero-order valence-electron chi connectivity index (χ0n) is 17.5. The normalized spacial score (nSPS) is 15.6. The van der Waals surface area contributed by atoms with E-state index in [-0.39, 0.29) is 24.0 Å². The first kappa shape index (κ1) is 22.0. The summed E-state index contributed by atoms with van der Waals surface area (Å²) in [7, 11) is 0. The van der Waals surface area contributed by atoms with Gasteiger partial charge in [-0.1, -0.05) is 17.3 Å². The molecule has 4 rings (SSSR count). The summed E-state index contributed by atoms with van der Waals surface area (Å²) in [5.41, 5.74) is 3.43. The number of ketones is 1. The molecule has 0 saturated carbocycles. The summed E-state index contributed by atoms with van der Waals surface area (Å²) in [6.45, 7) is 3.73. The third-order valence-corrected chi connectivity index (χ3v) is 5.56. The molecule has 9 heteroatoms. The fraction of sp³-hybridized carbons (Fsp3) is 0.348. The van der Waals surface area contributed by atoms with Crippen molar-refractivity contribution in [3.8, 4) is 11.4 Å². The Morgan fingerprint density at radius 1 is 1.12 bits per heavy atom. The molecule has 1 aromatic heterocycles. The van der Waals surface area contributed by atoms with Gasteiger partial charge < -0.3 is 4.74 Å². The topological polar surface area (TPSA) is 60.2 Å². The lowest BCUT2D eigenvalue weighted by molar-refractivity contribution is -0.274. The molecule has 2 heterocycles.